The molecule has 10 rings (SSSR count). The van der Waals surface area contributed by atoms with Crippen LogP contribution in [0.3, 0.4) is 0 Å². The molecule has 0 saturated carbocycles. The van der Waals surface area contributed by atoms with E-state index in [1.807, 2.05) is 0 Å². The SMILES string of the molecule is C/C=C\c1cc(N(c2ccc(-c3cccc4ccccc34)cc2)c2ccc3c(c2)c2c4ccccc4c4ccccc4c2n3-c2ccccc2)ccc1CC. The lowest BCUT2D eigenvalue weighted by molar-refractivity contribution is 1.13. The van der Waals surface area contributed by atoms with Gasteiger partial charge in [-0.3, -0.25) is 0 Å². The van der Waals surface area contributed by atoms with Gasteiger partial charge in [-0.1, -0.05) is 146 Å². The predicted molar refractivity (Wildman–Crippen MR) is 238 cm³/mol. The molecule has 1 aromatic heterocycles. The molecule has 2 nitrogen and oxygen atoms in total. The van der Waals surface area contributed by atoms with Crippen LogP contribution in [0.1, 0.15) is 25.0 Å². The summed E-state index contributed by atoms with van der Waals surface area (Å²) in [6.45, 7) is 4.33. The highest BCUT2D eigenvalue weighted by atomic mass is 15.1. The standard InChI is InChI=1S/C53H40N2/c1-3-15-39-34-42(31-26-36(39)4-2)54(41-29-27-38(28-30-41)45-25-14-17-37-16-8-9-20-44(37)45)43-32-33-51-50(35-43)52-48-23-12-10-21-46(48)47-22-11-13-24-49(47)53(52)55(51)40-18-6-5-7-19-40/h3,5-35H,4H2,1-2H3/b15-3-. The van der Waals surface area contributed by atoms with Crippen molar-refractivity contribution < 1.29 is 0 Å². The number of fused-ring (bicyclic) bond motifs is 9. The molecule has 9 aromatic carbocycles. The molecular formula is C53H40N2. The van der Waals surface area contributed by atoms with Gasteiger partial charge in [0.15, 0.2) is 0 Å². The highest BCUT2D eigenvalue weighted by molar-refractivity contribution is 6.32. The van der Waals surface area contributed by atoms with Gasteiger partial charge in [-0.15, -0.1) is 0 Å². The van der Waals surface area contributed by atoms with Crippen molar-refractivity contribution in [1.29, 1.82) is 0 Å². The Morgan fingerprint density at radius 1 is 0.509 bits per heavy atom. The van der Waals surface area contributed by atoms with Gasteiger partial charge in [-0.05, 0) is 117 Å². The summed E-state index contributed by atoms with van der Waals surface area (Å²) in [5.74, 6) is 0. The molecule has 0 fully saturated rings. The van der Waals surface area contributed by atoms with E-state index >= 15 is 0 Å². The summed E-state index contributed by atoms with van der Waals surface area (Å²) >= 11 is 0. The summed E-state index contributed by atoms with van der Waals surface area (Å²) < 4.78 is 2.47. The summed E-state index contributed by atoms with van der Waals surface area (Å²) in [5.41, 5.74) is 12.0. The zero-order chi connectivity index (χ0) is 36.9. The van der Waals surface area contributed by atoms with Gasteiger partial charge < -0.3 is 9.47 Å². The molecule has 0 saturated heterocycles. The van der Waals surface area contributed by atoms with Crippen LogP contribution in [0.5, 0.6) is 0 Å². The zero-order valence-corrected chi connectivity index (χ0v) is 31.1. The van der Waals surface area contributed by atoms with Crippen LogP contribution in [0.25, 0.3) is 77.0 Å². The second-order valence-corrected chi connectivity index (χ2v) is 14.3. The Bertz CT molecular complexity index is 3070. The highest BCUT2D eigenvalue weighted by Gasteiger charge is 2.22. The largest absolute Gasteiger partial charge is 0.310 e. The van der Waals surface area contributed by atoms with E-state index in [1.165, 1.54) is 76.4 Å². The molecule has 0 unspecified atom stereocenters. The molecule has 0 bridgehead atoms. The maximum Gasteiger partial charge on any atom is 0.0625 e. The van der Waals surface area contributed by atoms with Crippen LogP contribution in [0, 0.1) is 0 Å². The predicted octanol–water partition coefficient (Wildman–Crippen LogP) is 15.0. The van der Waals surface area contributed by atoms with E-state index in [0.29, 0.717) is 0 Å². The Kier molecular flexibility index (Phi) is 8.03. The summed E-state index contributed by atoms with van der Waals surface area (Å²) in [6, 6.07) is 66.9. The zero-order valence-electron chi connectivity index (χ0n) is 31.1. The minimum atomic E-state index is 0.978. The smallest absolute Gasteiger partial charge is 0.0625 e. The summed E-state index contributed by atoms with van der Waals surface area (Å²) in [7, 11) is 0. The van der Waals surface area contributed by atoms with Crippen LogP contribution in [0.15, 0.2) is 188 Å². The van der Waals surface area contributed by atoms with Crippen molar-refractivity contribution in [2.75, 3.05) is 4.90 Å². The molecular weight excluding hydrogens is 665 g/mol. The third-order valence-corrected chi connectivity index (χ3v) is 11.2. The van der Waals surface area contributed by atoms with Crippen molar-refractivity contribution in [2.45, 2.75) is 20.3 Å². The first kappa shape index (κ1) is 32.7. The third kappa shape index (κ3) is 5.41. The fourth-order valence-electron chi connectivity index (χ4n) is 8.74. The van der Waals surface area contributed by atoms with Crippen LogP contribution in [-0.2, 0) is 6.42 Å². The van der Waals surface area contributed by atoms with E-state index in [1.54, 1.807) is 0 Å². The molecule has 0 aliphatic rings. The molecule has 0 N–H and O–H groups in total. The van der Waals surface area contributed by atoms with E-state index in [9.17, 15) is 0 Å². The van der Waals surface area contributed by atoms with Gasteiger partial charge in [0.05, 0.1) is 11.0 Å². The minimum absolute atomic E-state index is 0.978. The number of nitrogens with zero attached hydrogens (tertiary/aromatic N) is 2. The monoisotopic (exact) mass is 704 g/mol. The van der Waals surface area contributed by atoms with Crippen LogP contribution in [0.4, 0.5) is 17.1 Å². The molecule has 0 atom stereocenters. The van der Waals surface area contributed by atoms with Crippen molar-refractivity contribution in [3.05, 3.63) is 199 Å². The van der Waals surface area contributed by atoms with Crippen molar-refractivity contribution in [2.24, 2.45) is 0 Å². The Morgan fingerprint density at radius 2 is 1.13 bits per heavy atom. The average molecular weight is 705 g/mol. The number of aromatic nitrogens is 1. The maximum atomic E-state index is 2.47. The Hall–Kier alpha value is -6.90. The van der Waals surface area contributed by atoms with E-state index in [-0.39, 0.29) is 0 Å². The first-order chi connectivity index (χ1) is 27.2. The van der Waals surface area contributed by atoms with Crippen LogP contribution in [0.2, 0.25) is 0 Å². The number of benzene rings is 9. The van der Waals surface area contributed by atoms with Crippen LogP contribution >= 0.6 is 0 Å². The lowest BCUT2D eigenvalue weighted by Crippen LogP contribution is -2.10. The third-order valence-electron chi connectivity index (χ3n) is 11.2. The Balaban J connectivity index is 1.25. The molecule has 262 valence electrons. The molecule has 55 heavy (non-hydrogen) atoms. The quantitative estimate of drug-likeness (QED) is 0.150. The summed E-state index contributed by atoms with van der Waals surface area (Å²) in [4.78, 5) is 2.42. The number of hydrogen-bond donors (Lipinski definition) is 0. The van der Waals surface area contributed by atoms with E-state index < -0.39 is 0 Å². The molecule has 10 aromatic rings. The van der Waals surface area contributed by atoms with Gasteiger partial charge in [-0.25, -0.2) is 0 Å². The fraction of sp³-hybridized carbons (Fsp3) is 0.0566. The van der Waals surface area contributed by atoms with E-state index in [2.05, 4.69) is 217 Å². The first-order valence-corrected chi connectivity index (χ1v) is 19.3. The number of aryl methyl sites for hydroxylation is 1. The second-order valence-electron chi connectivity index (χ2n) is 14.3. The summed E-state index contributed by atoms with van der Waals surface area (Å²) in [5, 5.41) is 10.1. The molecule has 2 heteroatoms. The lowest BCUT2D eigenvalue weighted by atomic mass is 9.96. The van der Waals surface area contributed by atoms with Crippen molar-refractivity contribution in [1.82, 2.24) is 4.57 Å². The molecule has 0 aliphatic carbocycles. The van der Waals surface area contributed by atoms with Crippen LogP contribution < -0.4 is 4.90 Å². The van der Waals surface area contributed by atoms with Gasteiger partial charge in [-0.2, -0.15) is 0 Å². The second kappa shape index (κ2) is 13.5. The number of anilines is 3. The van der Waals surface area contributed by atoms with Crippen molar-refractivity contribution in [3.63, 3.8) is 0 Å². The number of allylic oxidation sites excluding steroid dienone is 1. The highest BCUT2D eigenvalue weighted by Crippen LogP contribution is 2.45. The molecule has 0 aliphatic heterocycles. The Morgan fingerprint density at radius 3 is 1.89 bits per heavy atom. The molecule has 0 radical (unpaired) electrons. The normalized spacial score (nSPS) is 11.8. The van der Waals surface area contributed by atoms with E-state index in [0.717, 1.165) is 29.2 Å². The first-order valence-electron chi connectivity index (χ1n) is 19.3. The fourth-order valence-corrected chi connectivity index (χ4v) is 8.74. The van der Waals surface area contributed by atoms with Crippen molar-refractivity contribution >= 4 is 77.3 Å². The van der Waals surface area contributed by atoms with Crippen LogP contribution in [-0.4, -0.2) is 4.57 Å². The minimum Gasteiger partial charge on any atom is -0.310 e. The van der Waals surface area contributed by atoms with Gasteiger partial charge in [0.25, 0.3) is 0 Å². The average Bonchev–Trinajstić information content (AvgIpc) is 3.59. The van der Waals surface area contributed by atoms with Gasteiger partial charge >= 0.3 is 0 Å². The Labute approximate surface area is 321 Å². The maximum absolute atomic E-state index is 2.47. The van der Waals surface area contributed by atoms with E-state index in [4.69, 9.17) is 0 Å². The number of rotatable bonds is 7. The number of para-hydroxylation sites is 1. The molecule has 1 heterocycles. The lowest BCUT2D eigenvalue weighted by Gasteiger charge is -2.27. The van der Waals surface area contributed by atoms with Gasteiger partial charge in [0.2, 0.25) is 0 Å². The molecule has 0 amide bonds. The molecule has 0 spiro atoms. The topological polar surface area (TPSA) is 8.17 Å². The van der Waals surface area contributed by atoms with Gasteiger partial charge in [0.1, 0.15) is 0 Å². The van der Waals surface area contributed by atoms with Crippen molar-refractivity contribution in [3.8, 4) is 16.8 Å². The number of hydrogen-bond acceptors (Lipinski definition) is 1. The van der Waals surface area contributed by atoms with Gasteiger partial charge in [0, 0.05) is 38.9 Å². The summed E-state index contributed by atoms with van der Waals surface area (Å²) in [6.07, 6.45) is 5.35.